The minimum Gasteiger partial charge on any atom is -0.462 e. The van der Waals surface area contributed by atoms with Gasteiger partial charge in [-0.3, -0.25) is 14.4 Å². The molecule has 66 heavy (non-hydrogen) atoms. The summed E-state index contributed by atoms with van der Waals surface area (Å²) in [4.78, 5) is 38.1. The van der Waals surface area contributed by atoms with Crippen LogP contribution in [0, 0.1) is 0 Å². The molecule has 388 valence electrons. The molecule has 1 unspecified atom stereocenters. The number of carbonyl (C=O) groups is 3. The number of carbonyl (C=O) groups excluding carboxylic acids is 3. The Morgan fingerprint density at radius 3 is 0.848 bits per heavy atom. The quantitative estimate of drug-likeness (QED) is 0.0262. The Kier molecular flexibility index (Phi) is 53.7. The van der Waals surface area contributed by atoms with Gasteiger partial charge in [-0.1, -0.05) is 276 Å². The monoisotopic (exact) mass is 929 g/mol. The zero-order valence-corrected chi connectivity index (χ0v) is 44.5. The topological polar surface area (TPSA) is 78.9 Å². The fourth-order valence-corrected chi connectivity index (χ4v) is 8.77. The molecule has 0 bridgehead atoms. The highest BCUT2D eigenvalue weighted by atomic mass is 16.6. The first-order valence-corrected chi connectivity index (χ1v) is 29.3. The zero-order valence-electron chi connectivity index (χ0n) is 44.5. The zero-order chi connectivity index (χ0) is 47.9. The Morgan fingerprint density at radius 2 is 0.545 bits per heavy atom. The maximum atomic E-state index is 12.8. The summed E-state index contributed by atoms with van der Waals surface area (Å²) in [5.41, 5.74) is 0. The van der Waals surface area contributed by atoms with Crippen LogP contribution in [0.25, 0.3) is 0 Å². The predicted octanol–water partition coefficient (Wildman–Crippen LogP) is 19.5. The fraction of sp³-hybridized carbons (Fsp3) is 0.883. The molecule has 0 rings (SSSR count). The summed E-state index contributed by atoms with van der Waals surface area (Å²) >= 11 is 0. The predicted molar refractivity (Wildman–Crippen MR) is 284 cm³/mol. The van der Waals surface area contributed by atoms with Crippen molar-refractivity contribution in [3.8, 4) is 0 Å². The molecule has 0 aliphatic heterocycles. The Balaban J connectivity index is 4.25. The number of ether oxygens (including phenoxy) is 3. The lowest BCUT2D eigenvalue weighted by Crippen LogP contribution is -2.30. The van der Waals surface area contributed by atoms with Crippen molar-refractivity contribution in [2.75, 3.05) is 13.2 Å². The molecule has 0 N–H and O–H groups in total. The molecule has 0 spiro atoms. The van der Waals surface area contributed by atoms with E-state index < -0.39 is 6.10 Å². The van der Waals surface area contributed by atoms with Crippen LogP contribution in [0.5, 0.6) is 0 Å². The molecule has 6 heteroatoms. The lowest BCUT2D eigenvalue weighted by molar-refractivity contribution is -0.167. The summed E-state index contributed by atoms with van der Waals surface area (Å²) in [6.45, 7) is 6.66. The third kappa shape index (κ3) is 52.9. The molecule has 0 saturated heterocycles. The van der Waals surface area contributed by atoms with Gasteiger partial charge in [-0.15, -0.1) is 0 Å². The lowest BCUT2D eigenvalue weighted by atomic mass is 10.0. The molecule has 0 saturated carbocycles. The van der Waals surface area contributed by atoms with Crippen LogP contribution in [-0.2, 0) is 28.6 Å². The summed E-state index contributed by atoms with van der Waals surface area (Å²) < 4.78 is 16.9. The minimum atomic E-state index is -0.770. The normalized spacial score (nSPS) is 12.1. The molecule has 0 radical (unpaired) electrons. The van der Waals surface area contributed by atoms with Crippen molar-refractivity contribution in [3.05, 3.63) is 24.3 Å². The first-order valence-electron chi connectivity index (χ1n) is 29.3. The number of allylic oxidation sites excluding steroid dienone is 4. The van der Waals surface area contributed by atoms with Crippen molar-refractivity contribution in [3.63, 3.8) is 0 Å². The van der Waals surface area contributed by atoms with E-state index in [0.717, 1.165) is 70.6 Å². The van der Waals surface area contributed by atoms with E-state index in [1.54, 1.807) is 0 Å². The van der Waals surface area contributed by atoms with E-state index in [-0.39, 0.29) is 31.1 Å². The van der Waals surface area contributed by atoms with Gasteiger partial charge in [0.15, 0.2) is 6.10 Å². The summed E-state index contributed by atoms with van der Waals surface area (Å²) in [6.07, 6.45) is 64.6. The molecule has 0 aromatic heterocycles. The average Bonchev–Trinajstić information content (AvgIpc) is 3.31. The van der Waals surface area contributed by atoms with Gasteiger partial charge < -0.3 is 14.2 Å². The van der Waals surface area contributed by atoms with E-state index in [4.69, 9.17) is 14.2 Å². The highest BCUT2D eigenvalue weighted by Crippen LogP contribution is 2.17. The summed E-state index contributed by atoms with van der Waals surface area (Å²) in [7, 11) is 0. The highest BCUT2D eigenvalue weighted by Gasteiger charge is 2.19. The van der Waals surface area contributed by atoms with E-state index in [0.29, 0.717) is 19.3 Å². The van der Waals surface area contributed by atoms with Crippen LogP contribution in [0.4, 0.5) is 0 Å². The fourth-order valence-electron chi connectivity index (χ4n) is 8.77. The minimum absolute atomic E-state index is 0.0691. The van der Waals surface area contributed by atoms with Crippen LogP contribution in [0.15, 0.2) is 24.3 Å². The Labute approximate surface area is 411 Å². The Bertz CT molecular complexity index is 1070. The lowest BCUT2D eigenvalue weighted by Gasteiger charge is -2.18. The van der Waals surface area contributed by atoms with Gasteiger partial charge in [0.1, 0.15) is 13.2 Å². The molecular formula is C60H112O6. The number of rotatable bonds is 54. The van der Waals surface area contributed by atoms with Crippen LogP contribution in [-0.4, -0.2) is 37.2 Å². The van der Waals surface area contributed by atoms with E-state index >= 15 is 0 Å². The molecular weight excluding hydrogens is 817 g/mol. The summed E-state index contributed by atoms with van der Waals surface area (Å²) in [5, 5.41) is 0. The van der Waals surface area contributed by atoms with E-state index in [2.05, 4.69) is 45.1 Å². The number of esters is 3. The largest absolute Gasteiger partial charge is 0.462 e. The average molecular weight is 930 g/mol. The van der Waals surface area contributed by atoms with Gasteiger partial charge in [-0.05, 0) is 51.4 Å². The van der Waals surface area contributed by atoms with Crippen LogP contribution < -0.4 is 0 Å². The first kappa shape index (κ1) is 63.9. The Morgan fingerprint density at radius 1 is 0.303 bits per heavy atom. The van der Waals surface area contributed by atoms with Gasteiger partial charge in [0.05, 0.1) is 0 Å². The second-order valence-corrected chi connectivity index (χ2v) is 19.9. The third-order valence-electron chi connectivity index (χ3n) is 13.2. The highest BCUT2D eigenvalue weighted by molar-refractivity contribution is 5.71. The SMILES string of the molecule is CCCCCC/C=C\C/C=C\CCCCCCCCCC(=O)OC(COC(=O)CCCCCCCCCCCC)COC(=O)CCCCCCCCCCCCCCCCCCCCCC. The van der Waals surface area contributed by atoms with Gasteiger partial charge in [0, 0.05) is 19.3 Å². The van der Waals surface area contributed by atoms with Gasteiger partial charge in [-0.25, -0.2) is 0 Å². The molecule has 0 aliphatic rings. The van der Waals surface area contributed by atoms with Crippen LogP contribution in [0.1, 0.15) is 323 Å². The van der Waals surface area contributed by atoms with Crippen LogP contribution in [0.3, 0.4) is 0 Å². The number of unbranched alkanes of at least 4 members (excludes halogenated alkanes) is 39. The second-order valence-electron chi connectivity index (χ2n) is 19.9. The van der Waals surface area contributed by atoms with E-state index in [1.165, 1.54) is 212 Å². The van der Waals surface area contributed by atoms with Crippen LogP contribution >= 0.6 is 0 Å². The van der Waals surface area contributed by atoms with Crippen molar-refractivity contribution in [2.24, 2.45) is 0 Å². The van der Waals surface area contributed by atoms with Crippen molar-refractivity contribution in [2.45, 2.75) is 329 Å². The summed E-state index contributed by atoms with van der Waals surface area (Å²) in [6, 6.07) is 0. The van der Waals surface area contributed by atoms with Gasteiger partial charge in [0.2, 0.25) is 0 Å². The molecule has 0 amide bonds. The molecule has 6 nitrogen and oxygen atoms in total. The maximum Gasteiger partial charge on any atom is 0.306 e. The molecule has 1 atom stereocenters. The van der Waals surface area contributed by atoms with Crippen molar-refractivity contribution < 1.29 is 28.6 Å². The van der Waals surface area contributed by atoms with Gasteiger partial charge in [-0.2, -0.15) is 0 Å². The standard InChI is InChI=1S/C60H112O6/c1-4-7-10-13-16-19-22-24-26-28-30-31-33-34-36-38-41-44-47-50-53-59(62)65-56-57(55-64-58(61)52-49-46-43-40-21-18-15-12-9-6-3)66-60(63)54-51-48-45-42-39-37-35-32-29-27-25-23-20-17-14-11-8-5-2/h20,23,27,29,57H,4-19,21-22,24-26,28,30-56H2,1-3H3/b23-20-,29-27-. The van der Waals surface area contributed by atoms with Crippen LogP contribution in [0.2, 0.25) is 0 Å². The number of hydrogen-bond donors (Lipinski definition) is 0. The van der Waals surface area contributed by atoms with Crippen molar-refractivity contribution >= 4 is 17.9 Å². The third-order valence-corrected chi connectivity index (χ3v) is 13.2. The van der Waals surface area contributed by atoms with Gasteiger partial charge in [0.25, 0.3) is 0 Å². The first-order chi connectivity index (χ1) is 32.5. The second kappa shape index (κ2) is 55.5. The summed E-state index contributed by atoms with van der Waals surface area (Å²) in [5.74, 6) is -0.858. The molecule has 0 aromatic rings. The van der Waals surface area contributed by atoms with Gasteiger partial charge >= 0.3 is 17.9 Å². The van der Waals surface area contributed by atoms with E-state index in [1.807, 2.05) is 0 Å². The van der Waals surface area contributed by atoms with Crippen molar-refractivity contribution in [1.82, 2.24) is 0 Å². The molecule has 0 heterocycles. The molecule has 0 aliphatic carbocycles. The Hall–Kier alpha value is -2.11. The molecule has 0 aromatic carbocycles. The number of hydrogen-bond acceptors (Lipinski definition) is 6. The maximum absolute atomic E-state index is 12.8. The smallest absolute Gasteiger partial charge is 0.306 e. The molecule has 0 fully saturated rings. The van der Waals surface area contributed by atoms with E-state index in [9.17, 15) is 14.4 Å². The van der Waals surface area contributed by atoms with Crippen molar-refractivity contribution in [1.29, 1.82) is 0 Å².